The molecule has 0 fully saturated rings. The summed E-state index contributed by atoms with van der Waals surface area (Å²) in [6.45, 7) is 1.71. The van der Waals surface area contributed by atoms with E-state index in [0.717, 1.165) is 0 Å². The topological polar surface area (TPSA) is 96.7 Å². The van der Waals surface area contributed by atoms with Gasteiger partial charge >= 0.3 is 6.18 Å². The third-order valence-corrected chi connectivity index (χ3v) is 3.31. The smallest absolute Gasteiger partial charge is 0.366 e. The third-order valence-electron chi connectivity index (χ3n) is 3.31. The average molecular weight is 335 g/mol. The molecule has 9 heteroatoms. The highest BCUT2D eigenvalue weighted by atomic mass is 19.4. The first-order chi connectivity index (χ1) is 11.2. The molecular weight excluding hydrogens is 323 g/mol. The summed E-state index contributed by atoms with van der Waals surface area (Å²) >= 11 is 0. The number of benzene rings is 1. The second-order valence-electron chi connectivity index (χ2n) is 5.17. The van der Waals surface area contributed by atoms with Crippen LogP contribution in [0.1, 0.15) is 21.9 Å². The molecule has 0 aliphatic carbocycles. The highest BCUT2D eigenvalue weighted by Gasteiger charge is 2.35. The Hall–Kier alpha value is -3.10. The summed E-state index contributed by atoms with van der Waals surface area (Å²) < 4.78 is 38.9. The lowest BCUT2D eigenvalue weighted by Crippen LogP contribution is -2.13. The zero-order valence-electron chi connectivity index (χ0n) is 12.4. The Morgan fingerprint density at radius 3 is 2.46 bits per heavy atom. The Morgan fingerprint density at radius 1 is 1.21 bits per heavy atom. The molecule has 124 valence electrons. The van der Waals surface area contributed by atoms with Crippen molar-refractivity contribution in [2.45, 2.75) is 13.1 Å². The Bertz CT molecular complexity index is 915. The van der Waals surface area contributed by atoms with Crippen LogP contribution in [-0.4, -0.2) is 20.9 Å². The number of aromatic nitrogens is 3. The lowest BCUT2D eigenvalue weighted by Gasteiger charge is -2.10. The summed E-state index contributed by atoms with van der Waals surface area (Å²) in [7, 11) is 0. The molecule has 0 unspecified atom stereocenters. The van der Waals surface area contributed by atoms with Gasteiger partial charge in [-0.1, -0.05) is 0 Å². The summed E-state index contributed by atoms with van der Waals surface area (Å²) in [5.74, 6) is -1.82. The molecule has 0 radical (unpaired) electrons. The number of carbonyl (C=O) groups is 1. The number of aryl methyl sites for hydroxylation is 1. The van der Waals surface area contributed by atoms with Gasteiger partial charge in [0, 0.05) is 16.9 Å². The predicted octanol–water partition coefficient (Wildman–Crippen LogP) is 3.13. The third kappa shape index (κ3) is 3.00. The van der Waals surface area contributed by atoms with Crippen molar-refractivity contribution < 1.29 is 18.0 Å². The molecule has 0 saturated heterocycles. The second kappa shape index (κ2) is 5.52. The molecule has 1 amide bonds. The normalized spacial score (nSPS) is 11.7. The van der Waals surface area contributed by atoms with Gasteiger partial charge in [0.1, 0.15) is 11.5 Å². The van der Waals surface area contributed by atoms with Crippen LogP contribution in [0.4, 0.5) is 24.7 Å². The number of hydrogen-bond acceptors (Lipinski definition) is 4. The number of amides is 1. The highest BCUT2D eigenvalue weighted by Crippen LogP contribution is 2.31. The first-order valence-electron chi connectivity index (χ1n) is 6.85. The van der Waals surface area contributed by atoms with E-state index in [1.54, 1.807) is 13.0 Å². The number of aromatic amines is 1. The first-order valence-corrected chi connectivity index (χ1v) is 6.85. The molecule has 0 aliphatic heterocycles. The Morgan fingerprint density at radius 2 is 1.88 bits per heavy atom. The number of primary amides is 1. The minimum Gasteiger partial charge on any atom is -0.366 e. The van der Waals surface area contributed by atoms with Crippen molar-refractivity contribution in [3.05, 3.63) is 47.4 Å². The van der Waals surface area contributed by atoms with E-state index in [0.29, 0.717) is 22.3 Å². The van der Waals surface area contributed by atoms with Crippen molar-refractivity contribution in [1.82, 2.24) is 15.0 Å². The van der Waals surface area contributed by atoms with E-state index in [1.165, 1.54) is 24.3 Å². The predicted molar refractivity (Wildman–Crippen MR) is 81.9 cm³/mol. The maximum absolute atomic E-state index is 13.0. The quantitative estimate of drug-likeness (QED) is 0.685. The maximum atomic E-state index is 13.0. The van der Waals surface area contributed by atoms with Crippen LogP contribution in [0.25, 0.3) is 11.0 Å². The molecule has 6 nitrogen and oxygen atoms in total. The number of nitrogens with two attached hydrogens (primary N) is 1. The molecule has 0 saturated carbocycles. The van der Waals surface area contributed by atoms with Gasteiger partial charge in [0.2, 0.25) is 11.7 Å². The molecule has 3 aromatic rings. The number of alkyl halides is 3. The fourth-order valence-electron chi connectivity index (χ4n) is 2.22. The Balaban J connectivity index is 2.05. The number of fused-ring (bicyclic) bond motifs is 1. The number of nitrogens with zero attached hydrogens (tertiary/aromatic N) is 2. The van der Waals surface area contributed by atoms with Gasteiger partial charge in [-0.2, -0.15) is 13.2 Å². The van der Waals surface area contributed by atoms with Crippen molar-refractivity contribution >= 4 is 28.4 Å². The zero-order chi connectivity index (χ0) is 17.5. The van der Waals surface area contributed by atoms with Crippen LogP contribution in [0.15, 0.2) is 30.3 Å². The Labute approximate surface area is 133 Å². The van der Waals surface area contributed by atoms with E-state index in [-0.39, 0.29) is 11.5 Å². The lowest BCUT2D eigenvalue weighted by atomic mass is 10.2. The average Bonchev–Trinajstić information content (AvgIpc) is 2.87. The van der Waals surface area contributed by atoms with E-state index >= 15 is 0 Å². The van der Waals surface area contributed by atoms with E-state index < -0.39 is 17.9 Å². The van der Waals surface area contributed by atoms with Gasteiger partial charge in [-0.05, 0) is 37.3 Å². The Kier molecular flexibility index (Phi) is 3.63. The van der Waals surface area contributed by atoms with Gasteiger partial charge in [0.05, 0.1) is 5.39 Å². The zero-order valence-corrected chi connectivity index (χ0v) is 12.4. The van der Waals surface area contributed by atoms with Gasteiger partial charge in [0.25, 0.3) is 0 Å². The fraction of sp³-hybridized carbons (Fsp3) is 0.133. The summed E-state index contributed by atoms with van der Waals surface area (Å²) in [6.07, 6.45) is -4.67. The van der Waals surface area contributed by atoms with Crippen molar-refractivity contribution in [1.29, 1.82) is 0 Å². The molecule has 0 atom stereocenters. The molecule has 24 heavy (non-hydrogen) atoms. The lowest BCUT2D eigenvalue weighted by molar-refractivity contribution is -0.144. The van der Waals surface area contributed by atoms with Crippen LogP contribution in [0.2, 0.25) is 0 Å². The van der Waals surface area contributed by atoms with Gasteiger partial charge in [-0.15, -0.1) is 0 Å². The standard InChI is InChI=1S/C15H12F3N5O/c1-7-6-10-12(20-7)22-14(15(16,17)18)23-13(10)21-9-4-2-8(3-5-9)11(19)24/h2-6H,1H3,(H2,19,24)(H2,20,21,22,23). The number of halogens is 3. The molecule has 3 rings (SSSR count). The van der Waals surface area contributed by atoms with Crippen molar-refractivity contribution in [3.8, 4) is 0 Å². The number of carbonyl (C=O) groups excluding carboxylic acids is 1. The summed E-state index contributed by atoms with van der Waals surface area (Å²) in [5, 5.41) is 3.25. The molecule has 0 spiro atoms. The number of H-pyrrole nitrogens is 1. The number of rotatable bonds is 3. The van der Waals surface area contributed by atoms with Gasteiger partial charge in [-0.3, -0.25) is 4.79 Å². The largest absolute Gasteiger partial charge is 0.451 e. The van der Waals surface area contributed by atoms with Gasteiger partial charge < -0.3 is 16.0 Å². The summed E-state index contributed by atoms with van der Waals surface area (Å²) in [5.41, 5.74) is 6.66. The minimum absolute atomic E-state index is 0.0171. The molecule has 2 heterocycles. The van der Waals surface area contributed by atoms with Crippen LogP contribution < -0.4 is 11.1 Å². The van der Waals surface area contributed by atoms with Crippen molar-refractivity contribution in [2.75, 3.05) is 5.32 Å². The van der Waals surface area contributed by atoms with Crippen LogP contribution >= 0.6 is 0 Å². The molecular formula is C15H12F3N5O. The fourth-order valence-corrected chi connectivity index (χ4v) is 2.22. The molecule has 0 aliphatic rings. The molecule has 4 N–H and O–H groups in total. The summed E-state index contributed by atoms with van der Waals surface area (Å²) in [6, 6.07) is 7.64. The maximum Gasteiger partial charge on any atom is 0.451 e. The van der Waals surface area contributed by atoms with E-state index in [9.17, 15) is 18.0 Å². The monoisotopic (exact) mass is 335 g/mol. The number of hydrogen-bond donors (Lipinski definition) is 3. The minimum atomic E-state index is -4.67. The molecule has 0 bridgehead atoms. The molecule has 1 aromatic carbocycles. The van der Waals surface area contributed by atoms with Crippen LogP contribution in [0.3, 0.4) is 0 Å². The van der Waals surface area contributed by atoms with E-state index in [4.69, 9.17) is 5.73 Å². The molecule has 2 aromatic heterocycles. The van der Waals surface area contributed by atoms with Crippen LogP contribution in [-0.2, 0) is 6.18 Å². The second-order valence-corrected chi connectivity index (χ2v) is 5.17. The van der Waals surface area contributed by atoms with Crippen molar-refractivity contribution in [3.63, 3.8) is 0 Å². The number of anilines is 2. The highest BCUT2D eigenvalue weighted by molar-refractivity contribution is 5.93. The first kappa shape index (κ1) is 15.8. The van der Waals surface area contributed by atoms with E-state index in [1.807, 2.05) is 0 Å². The van der Waals surface area contributed by atoms with E-state index in [2.05, 4.69) is 20.3 Å². The van der Waals surface area contributed by atoms with Crippen LogP contribution in [0.5, 0.6) is 0 Å². The SMILES string of the molecule is Cc1cc2c(Nc3ccc(C(N)=O)cc3)nc(C(F)(F)F)nc2[nH]1. The van der Waals surface area contributed by atoms with Gasteiger partial charge in [0.15, 0.2) is 0 Å². The number of nitrogens with one attached hydrogen (secondary N) is 2. The summed E-state index contributed by atoms with van der Waals surface area (Å²) in [4.78, 5) is 20.9. The van der Waals surface area contributed by atoms with Crippen LogP contribution in [0, 0.1) is 6.92 Å². The van der Waals surface area contributed by atoms with Gasteiger partial charge in [-0.25, -0.2) is 9.97 Å². The van der Waals surface area contributed by atoms with Crippen molar-refractivity contribution in [2.24, 2.45) is 5.73 Å².